The highest BCUT2D eigenvalue weighted by molar-refractivity contribution is 7.09. The summed E-state index contributed by atoms with van der Waals surface area (Å²) >= 11 is 1.68. The van der Waals surface area contributed by atoms with Crippen molar-refractivity contribution in [2.45, 2.75) is 32.0 Å². The fourth-order valence-corrected chi connectivity index (χ4v) is 5.35. The number of hydrogen-bond donors (Lipinski definition) is 1. The average Bonchev–Trinajstić information content (AvgIpc) is 3.38. The molecule has 8 nitrogen and oxygen atoms in total. The number of rotatable bonds is 5. The second-order valence-electron chi connectivity index (χ2n) is 8.14. The van der Waals surface area contributed by atoms with Crippen LogP contribution in [0, 0.1) is 5.92 Å². The summed E-state index contributed by atoms with van der Waals surface area (Å²) in [5.74, 6) is 1.13. The molecule has 30 heavy (non-hydrogen) atoms. The molecule has 0 unspecified atom stereocenters. The third-order valence-corrected chi connectivity index (χ3v) is 6.86. The molecule has 156 valence electrons. The Bertz CT molecular complexity index is 1120. The van der Waals surface area contributed by atoms with E-state index in [1.54, 1.807) is 23.6 Å². The average molecular weight is 425 g/mol. The highest BCUT2D eigenvalue weighted by Crippen LogP contribution is 2.35. The quantitative estimate of drug-likeness (QED) is 0.672. The summed E-state index contributed by atoms with van der Waals surface area (Å²) in [5, 5.41) is 5.96. The van der Waals surface area contributed by atoms with Crippen LogP contribution in [-0.4, -0.2) is 43.0 Å². The third kappa shape index (κ3) is 3.59. The minimum absolute atomic E-state index is 0.187. The topological polar surface area (TPSA) is 85.0 Å². The van der Waals surface area contributed by atoms with Crippen LogP contribution >= 0.6 is 11.3 Å². The fraction of sp³-hybridized carbons (Fsp3) is 0.429. The smallest absolute Gasteiger partial charge is 0.263 e. The molecular weight excluding hydrogens is 400 g/mol. The first-order chi connectivity index (χ1) is 14.6. The molecule has 0 saturated carbocycles. The summed E-state index contributed by atoms with van der Waals surface area (Å²) in [6.45, 7) is 3.69. The van der Waals surface area contributed by atoms with Crippen molar-refractivity contribution >= 4 is 17.2 Å². The maximum Gasteiger partial charge on any atom is 0.263 e. The van der Waals surface area contributed by atoms with Crippen LogP contribution in [0.5, 0.6) is 0 Å². The maximum atomic E-state index is 13.1. The second kappa shape index (κ2) is 7.81. The van der Waals surface area contributed by atoms with Crippen molar-refractivity contribution in [3.05, 3.63) is 68.5 Å². The van der Waals surface area contributed by atoms with E-state index >= 15 is 0 Å². The van der Waals surface area contributed by atoms with Gasteiger partial charge in [0.1, 0.15) is 16.4 Å². The summed E-state index contributed by atoms with van der Waals surface area (Å²) in [7, 11) is 1.87. The van der Waals surface area contributed by atoms with Gasteiger partial charge in [-0.25, -0.2) is 9.97 Å². The van der Waals surface area contributed by atoms with Crippen LogP contribution in [-0.2, 0) is 26.7 Å². The van der Waals surface area contributed by atoms with Gasteiger partial charge in [-0.2, -0.15) is 0 Å². The number of fused-ring (bicyclic) bond motifs is 4. The Labute approximate surface area is 178 Å². The summed E-state index contributed by atoms with van der Waals surface area (Å²) < 4.78 is 3.67. The number of nitrogens with zero attached hydrogens (tertiary/aromatic N) is 5. The summed E-state index contributed by atoms with van der Waals surface area (Å²) in [6.07, 6.45) is 6.45. The predicted molar refractivity (Wildman–Crippen MR) is 113 cm³/mol. The van der Waals surface area contributed by atoms with Gasteiger partial charge in [0.25, 0.3) is 11.5 Å². The molecule has 0 aromatic carbocycles. The van der Waals surface area contributed by atoms with Crippen molar-refractivity contribution in [3.8, 4) is 0 Å². The first-order valence-corrected chi connectivity index (χ1v) is 11.1. The zero-order valence-electron chi connectivity index (χ0n) is 16.8. The number of carbonyl (C=O) groups is 1. The number of aryl methyl sites for hydroxylation is 1. The van der Waals surface area contributed by atoms with E-state index in [1.165, 1.54) is 0 Å². The molecule has 2 bridgehead atoms. The van der Waals surface area contributed by atoms with Crippen molar-refractivity contribution < 1.29 is 4.79 Å². The largest absolute Gasteiger partial charge is 0.345 e. The van der Waals surface area contributed by atoms with Crippen LogP contribution in [0.3, 0.4) is 0 Å². The Morgan fingerprint density at radius 2 is 2.13 bits per heavy atom. The normalized spacial score (nSPS) is 20.7. The lowest BCUT2D eigenvalue weighted by atomic mass is 9.83. The van der Waals surface area contributed by atoms with Gasteiger partial charge in [-0.3, -0.25) is 14.5 Å². The molecule has 9 heteroatoms. The minimum atomic E-state index is -0.348. The highest BCUT2D eigenvalue weighted by atomic mass is 32.1. The standard InChI is InChI=1S/C21H24N6O2S/c1-25-6-4-22-18(25)9-24-20(28)16-2-3-17-15-8-14(11-27(17)21(16)29)10-26(12-15)13-19-23-5-7-30-19/h2-7,14-15H,8-13H2,1H3,(H,24,28)/t14-,15+/m0/s1. The van der Waals surface area contributed by atoms with Crippen molar-refractivity contribution in [2.24, 2.45) is 13.0 Å². The van der Waals surface area contributed by atoms with Crippen LogP contribution in [0.25, 0.3) is 0 Å². The number of thiazole rings is 1. The number of likely N-dealkylation sites (tertiary alicyclic amines) is 1. The number of nitrogens with one attached hydrogen (secondary N) is 1. The minimum Gasteiger partial charge on any atom is -0.345 e. The fourth-order valence-electron chi connectivity index (χ4n) is 4.69. The first-order valence-electron chi connectivity index (χ1n) is 10.2. The number of piperidine rings is 1. The molecule has 2 aliphatic heterocycles. The van der Waals surface area contributed by atoms with Gasteiger partial charge in [0.15, 0.2) is 0 Å². The lowest BCUT2D eigenvalue weighted by Gasteiger charge is -2.42. The molecule has 3 aromatic heterocycles. The molecule has 5 heterocycles. The molecule has 0 spiro atoms. The predicted octanol–water partition coefficient (Wildman–Crippen LogP) is 1.59. The Kier molecular flexibility index (Phi) is 5.00. The van der Waals surface area contributed by atoms with Crippen molar-refractivity contribution in [1.82, 2.24) is 29.3 Å². The van der Waals surface area contributed by atoms with Gasteiger partial charge in [-0.15, -0.1) is 11.3 Å². The number of carbonyl (C=O) groups excluding carboxylic acids is 1. The van der Waals surface area contributed by atoms with E-state index < -0.39 is 0 Å². The Morgan fingerprint density at radius 3 is 2.90 bits per heavy atom. The third-order valence-electron chi connectivity index (χ3n) is 6.09. The van der Waals surface area contributed by atoms with Gasteiger partial charge in [-0.05, 0) is 24.5 Å². The Morgan fingerprint density at radius 1 is 1.23 bits per heavy atom. The molecular formula is C21H24N6O2S. The molecule has 1 fully saturated rings. The number of imidazole rings is 1. The summed E-state index contributed by atoms with van der Waals surface area (Å²) in [4.78, 5) is 36.8. The molecule has 1 N–H and O–H groups in total. The highest BCUT2D eigenvalue weighted by Gasteiger charge is 2.35. The van der Waals surface area contributed by atoms with Gasteiger partial charge in [0.05, 0.1) is 13.1 Å². The van der Waals surface area contributed by atoms with Crippen LogP contribution in [0.15, 0.2) is 40.9 Å². The lowest BCUT2D eigenvalue weighted by Crippen LogP contribution is -2.47. The van der Waals surface area contributed by atoms with E-state index in [1.807, 2.05) is 40.0 Å². The van der Waals surface area contributed by atoms with Gasteiger partial charge in [0.2, 0.25) is 0 Å². The van der Waals surface area contributed by atoms with E-state index in [0.717, 1.165) is 42.6 Å². The molecule has 2 aliphatic rings. The van der Waals surface area contributed by atoms with Gasteiger partial charge < -0.3 is 14.5 Å². The summed E-state index contributed by atoms with van der Waals surface area (Å²) in [5.41, 5.74) is 1.06. The zero-order valence-corrected chi connectivity index (χ0v) is 17.6. The first kappa shape index (κ1) is 19.2. The maximum absolute atomic E-state index is 13.1. The lowest BCUT2D eigenvalue weighted by molar-refractivity contribution is 0.0942. The van der Waals surface area contributed by atoms with Crippen molar-refractivity contribution in [3.63, 3.8) is 0 Å². The van der Waals surface area contributed by atoms with E-state index in [9.17, 15) is 9.59 Å². The van der Waals surface area contributed by atoms with Crippen LogP contribution in [0.1, 0.15) is 39.2 Å². The molecule has 1 saturated heterocycles. The molecule has 0 aliphatic carbocycles. The van der Waals surface area contributed by atoms with Crippen LogP contribution in [0.4, 0.5) is 0 Å². The SMILES string of the molecule is Cn1ccnc1CNC(=O)c1ccc2n(c1=O)C[C@H]1C[C@@H]2CN(Cc2nccs2)C1. The monoisotopic (exact) mass is 424 g/mol. The number of aromatic nitrogens is 4. The molecule has 3 aromatic rings. The molecule has 0 radical (unpaired) electrons. The number of pyridine rings is 1. The van der Waals surface area contributed by atoms with E-state index in [4.69, 9.17) is 0 Å². The van der Waals surface area contributed by atoms with Crippen molar-refractivity contribution in [1.29, 1.82) is 0 Å². The zero-order chi connectivity index (χ0) is 20.7. The molecule has 1 amide bonds. The second-order valence-corrected chi connectivity index (χ2v) is 9.12. The van der Waals surface area contributed by atoms with Gasteiger partial charge in [-0.1, -0.05) is 0 Å². The van der Waals surface area contributed by atoms with Gasteiger partial charge >= 0.3 is 0 Å². The van der Waals surface area contributed by atoms with Crippen molar-refractivity contribution in [2.75, 3.05) is 13.1 Å². The summed E-state index contributed by atoms with van der Waals surface area (Å²) in [6, 6.07) is 3.65. The Hall–Kier alpha value is -2.78. The number of amides is 1. The molecule has 5 rings (SSSR count). The van der Waals surface area contributed by atoms with Gasteiger partial charge in [0, 0.05) is 62.3 Å². The van der Waals surface area contributed by atoms with Crippen LogP contribution in [0.2, 0.25) is 0 Å². The van der Waals surface area contributed by atoms with E-state index in [2.05, 4.69) is 20.2 Å². The molecule has 2 atom stereocenters. The van der Waals surface area contributed by atoms with Crippen LogP contribution < -0.4 is 10.9 Å². The Balaban J connectivity index is 1.33. The number of hydrogen-bond acceptors (Lipinski definition) is 6. The van der Waals surface area contributed by atoms with E-state index in [-0.39, 0.29) is 17.0 Å². The van der Waals surface area contributed by atoms with E-state index in [0.29, 0.717) is 24.9 Å².